The average molecular weight is 352 g/mol. The lowest BCUT2D eigenvalue weighted by Gasteiger charge is -2.25. The fourth-order valence-corrected chi connectivity index (χ4v) is 4.65. The van der Waals surface area contributed by atoms with Crippen LogP contribution in [0.1, 0.15) is 0 Å². The Bertz CT molecular complexity index is 896. The summed E-state index contributed by atoms with van der Waals surface area (Å²) in [7, 11) is -0.419. The van der Waals surface area contributed by atoms with E-state index < -0.39 is 9.52 Å². The fourth-order valence-electron chi connectivity index (χ4n) is 3.20. The molecule has 0 atom stereocenters. The summed E-state index contributed by atoms with van der Waals surface area (Å²) in [6.07, 6.45) is 0. The van der Waals surface area contributed by atoms with Crippen LogP contribution in [0.4, 0.5) is 17.1 Å². The van der Waals surface area contributed by atoms with Gasteiger partial charge in [0.25, 0.3) is 0 Å². The maximum atomic E-state index is 2.30. The Hall–Kier alpha value is -3.10. The first-order valence-corrected chi connectivity index (χ1v) is 10.3. The predicted molar refractivity (Wildman–Crippen MR) is 115 cm³/mol. The van der Waals surface area contributed by atoms with Gasteiger partial charge in [-0.3, -0.25) is 0 Å². The lowest BCUT2D eigenvalue weighted by atomic mass is 10.2. The van der Waals surface area contributed by atoms with Crippen LogP contribution in [-0.4, -0.2) is 9.52 Å². The molecule has 0 aliphatic rings. The Kier molecular flexibility index (Phi) is 4.94. The normalized spacial score (nSPS) is 10.9. The number of hydrogen-bond donors (Lipinski definition) is 0. The molecule has 126 valence electrons. The summed E-state index contributed by atoms with van der Waals surface area (Å²) < 4.78 is 0. The molecule has 4 aromatic rings. The first-order valence-electron chi connectivity index (χ1n) is 8.93. The molecule has 4 aromatic carbocycles. The summed E-state index contributed by atoms with van der Waals surface area (Å²) in [5, 5.41) is 2.93. The summed E-state index contributed by atoms with van der Waals surface area (Å²) in [6.45, 7) is 0. The highest BCUT2D eigenvalue weighted by atomic mass is 28.2. The first kappa shape index (κ1) is 16.4. The number of nitrogens with zero attached hydrogens (tertiary/aromatic N) is 1. The average Bonchev–Trinajstić information content (AvgIpc) is 2.72. The molecule has 0 saturated heterocycles. The van der Waals surface area contributed by atoms with Crippen LogP contribution in [0.5, 0.6) is 0 Å². The van der Waals surface area contributed by atoms with E-state index in [0.29, 0.717) is 0 Å². The highest BCUT2D eigenvalue weighted by Crippen LogP contribution is 2.33. The van der Waals surface area contributed by atoms with E-state index in [2.05, 4.69) is 120 Å². The maximum absolute atomic E-state index is 2.30. The van der Waals surface area contributed by atoms with Crippen molar-refractivity contribution in [3.8, 4) is 0 Å². The van der Waals surface area contributed by atoms with Crippen molar-refractivity contribution in [1.82, 2.24) is 0 Å². The molecule has 0 unspecified atom stereocenters. The standard InChI is InChI=1S/C24H21NSi/c1-4-10-20(11-5-1)25(21-12-6-2-7-13-21)22-16-18-24(19-17-22)26-23-14-8-3-9-15-23/h1-19H,26H2. The minimum atomic E-state index is -0.419. The van der Waals surface area contributed by atoms with E-state index in [1.54, 1.807) is 0 Å². The fraction of sp³-hybridized carbons (Fsp3) is 0. The van der Waals surface area contributed by atoms with Gasteiger partial charge in [0.15, 0.2) is 0 Å². The van der Waals surface area contributed by atoms with E-state index in [0.717, 1.165) is 0 Å². The SMILES string of the molecule is c1ccc([SiH2]c2ccc(N(c3ccccc3)c3ccccc3)cc2)cc1. The molecule has 0 bridgehead atoms. The predicted octanol–water partition coefficient (Wildman–Crippen LogP) is 4.28. The van der Waals surface area contributed by atoms with Gasteiger partial charge in [-0.1, -0.05) is 89.2 Å². The van der Waals surface area contributed by atoms with Crippen LogP contribution in [0.15, 0.2) is 115 Å². The molecular formula is C24H21NSi. The summed E-state index contributed by atoms with van der Waals surface area (Å²) in [4.78, 5) is 2.30. The molecule has 0 amide bonds. The number of hydrogen-bond acceptors (Lipinski definition) is 1. The molecule has 2 heteroatoms. The molecule has 0 spiro atoms. The van der Waals surface area contributed by atoms with Crippen LogP contribution < -0.4 is 15.3 Å². The van der Waals surface area contributed by atoms with Crippen molar-refractivity contribution in [3.05, 3.63) is 115 Å². The summed E-state index contributed by atoms with van der Waals surface area (Å²) >= 11 is 0. The second-order valence-electron chi connectivity index (χ2n) is 6.34. The molecule has 0 radical (unpaired) electrons. The molecule has 1 nitrogen and oxygen atoms in total. The number of para-hydroxylation sites is 2. The van der Waals surface area contributed by atoms with Crippen molar-refractivity contribution < 1.29 is 0 Å². The minimum Gasteiger partial charge on any atom is -0.311 e. The van der Waals surface area contributed by atoms with Crippen LogP contribution in [-0.2, 0) is 0 Å². The van der Waals surface area contributed by atoms with Gasteiger partial charge >= 0.3 is 0 Å². The van der Waals surface area contributed by atoms with E-state index >= 15 is 0 Å². The van der Waals surface area contributed by atoms with Crippen LogP contribution >= 0.6 is 0 Å². The highest BCUT2D eigenvalue weighted by Gasteiger charge is 2.11. The van der Waals surface area contributed by atoms with Gasteiger partial charge in [0.1, 0.15) is 0 Å². The molecule has 0 N–H and O–H groups in total. The summed E-state index contributed by atoms with van der Waals surface area (Å²) in [6, 6.07) is 40.9. The van der Waals surface area contributed by atoms with E-state index in [1.807, 2.05) is 0 Å². The van der Waals surface area contributed by atoms with E-state index in [9.17, 15) is 0 Å². The first-order chi connectivity index (χ1) is 12.9. The van der Waals surface area contributed by atoms with E-state index in [4.69, 9.17) is 0 Å². The van der Waals surface area contributed by atoms with Crippen LogP contribution in [0, 0.1) is 0 Å². The van der Waals surface area contributed by atoms with Gasteiger partial charge in [0.2, 0.25) is 0 Å². The molecule has 4 rings (SSSR count). The summed E-state index contributed by atoms with van der Waals surface area (Å²) in [5.74, 6) is 0. The monoisotopic (exact) mass is 351 g/mol. The number of rotatable bonds is 5. The molecule has 0 fully saturated rings. The van der Waals surface area contributed by atoms with Crippen LogP contribution in [0.2, 0.25) is 0 Å². The van der Waals surface area contributed by atoms with Gasteiger partial charge in [-0.05, 0) is 36.4 Å². The largest absolute Gasteiger partial charge is 0.311 e. The molecule has 26 heavy (non-hydrogen) atoms. The van der Waals surface area contributed by atoms with Crippen molar-refractivity contribution in [1.29, 1.82) is 0 Å². The second-order valence-corrected chi connectivity index (χ2v) is 8.32. The Balaban J connectivity index is 1.66. The lowest BCUT2D eigenvalue weighted by molar-refractivity contribution is 1.29. The summed E-state index contributed by atoms with van der Waals surface area (Å²) in [5.41, 5.74) is 3.53. The zero-order valence-electron chi connectivity index (χ0n) is 14.6. The van der Waals surface area contributed by atoms with E-state index in [1.165, 1.54) is 27.4 Å². The van der Waals surface area contributed by atoms with Crippen LogP contribution in [0.3, 0.4) is 0 Å². The smallest absolute Gasteiger partial charge is 0.0875 e. The zero-order chi connectivity index (χ0) is 17.6. The minimum absolute atomic E-state index is 0.419. The maximum Gasteiger partial charge on any atom is 0.0875 e. The van der Waals surface area contributed by atoms with Crippen molar-refractivity contribution in [2.75, 3.05) is 4.90 Å². The molecule has 0 aliphatic carbocycles. The van der Waals surface area contributed by atoms with Gasteiger partial charge in [-0.2, -0.15) is 0 Å². The topological polar surface area (TPSA) is 3.24 Å². The molecule has 0 aliphatic heterocycles. The van der Waals surface area contributed by atoms with Gasteiger partial charge in [-0.15, -0.1) is 0 Å². The molecular weight excluding hydrogens is 330 g/mol. The third-order valence-electron chi connectivity index (χ3n) is 4.47. The Morgan fingerprint density at radius 1 is 0.385 bits per heavy atom. The molecule has 0 heterocycles. The molecule has 0 aromatic heterocycles. The van der Waals surface area contributed by atoms with Crippen molar-refractivity contribution in [2.45, 2.75) is 0 Å². The van der Waals surface area contributed by atoms with Gasteiger partial charge in [0.05, 0.1) is 9.52 Å². The molecule has 0 saturated carbocycles. The third-order valence-corrected chi connectivity index (χ3v) is 6.23. The number of benzene rings is 4. The van der Waals surface area contributed by atoms with Gasteiger partial charge in [0, 0.05) is 17.1 Å². The van der Waals surface area contributed by atoms with Gasteiger partial charge in [-0.25, -0.2) is 0 Å². The zero-order valence-corrected chi connectivity index (χ0v) is 16.0. The van der Waals surface area contributed by atoms with E-state index in [-0.39, 0.29) is 0 Å². The third kappa shape index (κ3) is 3.76. The highest BCUT2D eigenvalue weighted by molar-refractivity contribution is 6.67. The number of anilines is 3. The lowest BCUT2D eigenvalue weighted by Crippen LogP contribution is -2.26. The Labute approximate surface area is 157 Å². The van der Waals surface area contributed by atoms with Crippen molar-refractivity contribution in [2.24, 2.45) is 0 Å². The quantitative estimate of drug-likeness (QED) is 0.485. The Morgan fingerprint density at radius 2 is 0.769 bits per heavy atom. The second kappa shape index (κ2) is 7.85. The van der Waals surface area contributed by atoms with Crippen molar-refractivity contribution in [3.63, 3.8) is 0 Å². The van der Waals surface area contributed by atoms with Crippen molar-refractivity contribution >= 4 is 37.0 Å². The van der Waals surface area contributed by atoms with Gasteiger partial charge < -0.3 is 4.90 Å². The Morgan fingerprint density at radius 3 is 1.27 bits per heavy atom. The van der Waals surface area contributed by atoms with Crippen LogP contribution in [0.25, 0.3) is 0 Å².